The third kappa shape index (κ3) is 5.73. The van der Waals surface area contributed by atoms with Crippen LogP contribution in [-0.4, -0.2) is 60.0 Å². The van der Waals surface area contributed by atoms with E-state index in [1.807, 2.05) is 30.3 Å². The number of hydrogen-bond donors (Lipinski definition) is 3. The third-order valence-electron chi connectivity index (χ3n) is 5.52. The summed E-state index contributed by atoms with van der Waals surface area (Å²) < 4.78 is 5.09. The molecule has 2 heterocycles. The fourth-order valence-corrected chi connectivity index (χ4v) is 3.93. The molecule has 0 saturated carbocycles. The maximum absolute atomic E-state index is 12.8. The van der Waals surface area contributed by atoms with Gasteiger partial charge in [-0.2, -0.15) is 0 Å². The Labute approximate surface area is 182 Å². The maximum atomic E-state index is 12.8. The van der Waals surface area contributed by atoms with Gasteiger partial charge in [0.2, 0.25) is 0 Å². The number of carbonyl (C=O) groups excluding carboxylic acids is 3. The van der Waals surface area contributed by atoms with Gasteiger partial charge in [-0.3, -0.25) is 9.69 Å². The number of likely N-dealkylation sites (tertiary alicyclic amines) is 1. The minimum Gasteiger partial charge on any atom is -0.462 e. The molecular weight excluding hydrogens is 396 g/mol. The summed E-state index contributed by atoms with van der Waals surface area (Å²) in [6.07, 6.45) is 1.54. The zero-order chi connectivity index (χ0) is 22.4. The van der Waals surface area contributed by atoms with Crippen molar-refractivity contribution < 1.29 is 19.1 Å². The summed E-state index contributed by atoms with van der Waals surface area (Å²) in [6.45, 7) is 7.28. The number of esters is 1. The monoisotopic (exact) mass is 426 g/mol. The predicted molar refractivity (Wildman–Crippen MR) is 119 cm³/mol. The van der Waals surface area contributed by atoms with Crippen LogP contribution >= 0.6 is 0 Å². The summed E-state index contributed by atoms with van der Waals surface area (Å²) >= 11 is 0. The molecule has 1 aliphatic heterocycles. The Balaban J connectivity index is 1.50. The second kappa shape index (κ2) is 10.3. The van der Waals surface area contributed by atoms with E-state index >= 15 is 0 Å². The number of urea groups is 1. The molecule has 3 N–H and O–H groups in total. The van der Waals surface area contributed by atoms with E-state index in [1.54, 1.807) is 20.8 Å². The van der Waals surface area contributed by atoms with Crippen molar-refractivity contribution in [3.8, 4) is 0 Å². The normalized spacial score (nSPS) is 14.8. The van der Waals surface area contributed by atoms with Gasteiger partial charge in [0.05, 0.1) is 24.4 Å². The Morgan fingerprint density at radius 2 is 1.81 bits per heavy atom. The van der Waals surface area contributed by atoms with Crippen molar-refractivity contribution in [3.63, 3.8) is 0 Å². The van der Waals surface area contributed by atoms with Crippen LogP contribution in [0.5, 0.6) is 0 Å². The number of rotatable bonds is 7. The van der Waals surface area contributed by atoms with Crippen LogP contribution in [0, 0.1) is 13.8 Å². The number of aromatic amines is 1. The van der Waals surface area contributed by atoms with Crippen LogP contribution < -0.4 is 10.6 Å². The highest BCUT2D eigenvalue weighted by Crippen LogP contribution is 2.20. The van der Waals surface area contributed by atoms with Crippen molar-refractivity contribution in [1.29, 1.82) is 0 Å². The number of ether oxygens (including phenoxy) is 1. The van der Waals surface area contributed by atoms with Crippen LogP contribution in [0.4, 0.5) is 10.5 Å². The number of carbonyl (C=O) groups is 3. The van der Waals surface area contributed by atoms with Crippen LogP contribution in [0.15, 0.2) is 30.3 Å². The summed E-state index contributed by atoms with van der Waals surface area (Å²) in [5, 5.41) is 5.82. The number of nitrogens with zero attached hydrogens (tertiary/aromatic N) is 1. The zero-order valence-corrected chi connectivity index (χ0v) is 18.3. The molecule has 2 amide bonds. The Morgan fingerprint density at radius 3 is 2.45 bits per heavy atom. The minimum atomic E-state index is -0.409. The number of nitrogens with one attached hydrogen (secondary N) is 3. The number of H-pyrrole nitrogens is 1. The molecule has 31 heavy (non-hydrogen) atoms. The van der Waals surface area contributed by atoms with E-state index in [4.69, 9.17) is 4.74 Å². The SMILES string of the molecule is CCOC(=O)c1c(C)[nH]c(C(=O)CN2CCC(NC(=O)Nc3ccccc3)CC2)c1C. The second-order valence-electron chi connectivity index (χ2n) is 7.78. The summed E-state index contributed by atoms with van der Waals surface area (Å²) in [5.41, 5.74) is 2.93. The number of benzene rings is 1. The molecule has 8 heteroatoms. The van der Waals surface area contributed by atoms with Crippen molar-refractivity contribution >= 4 is 23.5 Å². The van der Waals surface area contributed by atoms with Gasteiger partial charge in [-0.15, -0.1) is 0 Å². The third-order valence-corrected chi connectivity index (χ3v) is 5.52. The fourth-order valence-electron chi connectivity index (χ4n) is 3.93. The Bertz CT molecular complexity index is 931. The molecule has 1 aromatic heterocycles. The molecule has 1 aliphatic rings. The highest BCUT2D eigenvalue weighted by Gasteiger charge is 2.26. The standard InChI is InChI=1S/C23H30N4O4/c1-4-31-22(29)20-15(2)21(24-16(20)3)19(28)14-27-12-10-18(11-13-27)26-23(30)25-17-8-6-5-7-9-17/h5-9,18,24H,4,10-14H2,1-3H3,(H2,25,26,30). The van der Waals surface area contributed by atoms with E-state index in [0.717, 1.165) is 18.5 Å². The number of aromatic nitrogens is 1. The summed E-state index contributed by atoms with van der Waals surface area (Å²) in [7, 11) is 0. The lowest BCUT2D eigenvalue weighted by atomic mass is 10.0. The van der Waals surface area contributed by atoms with E-state index in [1.165, 1.54) is 0 Å². The first-order chi connectivity index (χ1) is 14.9. The van der Waals surface area contributed by atoms with Crippen molar-refractivity contribution in [2.45, 2.75) is 39.7 Å². The number of para-hydroxylation sites is 1. The lowest BCUT2D eigenvalue weighted by molar-refractivity contribution is 0.0525. The molecule has 0 spiro atoms. The smallest absolute Gasteiger partial charge is 0.340 e. The largest absolute Gasteiger partial charge is 0.462 e. The lowest BCUT2D eigenvalue weighted by Crippen LogP contribution is -2.47. The van der Waals surface area contributed by atoms with Crippen LogP contribution in [0.2, 0.25) is 0 Å². The topological polar surface area (TPSA) is 104 Å². The van der Waals surface area contributed by atoms with Gasteiger partial charge in [0.15, 0.2) is 5.78 Å². The van der Waals surface area contributed by atoms with Gasteiger partial charge in [0, 0.05) is 30.5 Å². The molecule has 1 fully saturated rings. The molecule has 166 valence electrons. The van der Waals surface area contributed by atoms with Gasteiger partial charge in [0.1, 0.15) is 0 Å². The molecule has 3 rings (SSSR count). The molecule has 0 bridgehead atoms. The second-order valence-corrected chi connectivity index (χ2v) is 7.78. The Morgan fingerprint density at radius 1 is 1.13 bits per heavy atom. The van der Waals surface area contributed by atoms with E-state index < -0.39 is 5.97 Å². The average Bonchev–Trinajstić information content (AvgIpc) is 3.04. The number of anilines is 1. The Hall–Kier alpha value is -3.13. The van der Waals surface area contributed by atoms with Crippen LogP contribution in [-0.2, 0) is 4.74 Å². The van der Waals surface area contributed by atoms with E-state index in [2.05, 4.69) is 20.5 Å². The average molecular weight is 427 g/mol. The summed E-state index contributed by atoms with van der Waals surface area (Å²) in [4.78, 5) is 42.3. The molecule has 0 unspecified atom stereocenters. The lowest BCUT2D eigenvalue weighted by Gasteiger charge is -2.31. The van der Waals surface area contributed by atoms with E-state index in [0.29, 0.717) is 42.2 Å². The molecule has 8 nitrogen and oxygen atoms in total. The molecule has 0 radical (unpaired) electrons. The van der Waals surface area contributed by atoms with Gasteiger partial charge >= 0.3 is 12.0 Å². The van der Waals surface area contributed by atoms with Gasteiger partial charge in [-0.25, -0.2) is 9.59 Å². The molecule has 2 aromatic rings. The Kier molecular flexibility index (Phi) is 7.46. The van der Waals surface area contributed by atoms with Crippen LogP contribution in [0.1, 0.15) is 51.9 Å². The maximum Gasteiger partial charge on any atom is 0.340 e. The van der Waals surface area contributed by atoms with Crippen LogP contribution in [0.25, 0.3) is 0 Å². The van der Waals surface area contributed by atoms with E-state index in [9.17, 15) is 14.4 Å². The number of aryl methyl sites for hydroxylation is 1. The van der Waals surface area contributed by atoms with Crippen molar-refractivity contribution in [1.82, 2.24) is 15.2 Å². The van der Waals surface area contributed by atoms with Crippen molar-refractivity contribution in [2.24, 2.45) is 0 Å². The quantitative estimate of drug-likeness (QED) is 0.466. The van der Waals surface area contributed by atoms with Gasteiger partial charge in [0.25, 0.3) is 0 Å². The summed E-state index contributed by atoms with van der Waals surface area (Å²) in [5.74, 6) is -0.460. The first-order valence-electron chi connectivity index (χ1n) is 10.6. The highest BCUT2D eigenvalue weighted by atomic mass is 16.5. The van der Waals surface area contributed by atoms with Crippen molar-refractivity contribution in [3.05, 3.63) is 52.8 Å². The zero-order valence-electron chi connectivity index (χ0n) is 18.3. The molecule has 1 aromatic carbocycles. The molecule has 0 aliphatic carbocycles. The van der Waals surface area contributed by atoms with Gasteiger partial charge in [-0.05, 0) is 51.3 Å². The number of piperidine rings is 1. The number of hydrogen-bond acceptors (Lipinski definition) is 5. The van der Waals surface area contributed by atoms with Gasteiger partial charge in [-0.1, -0.05) is 18.2 Å². The van der Waals surface area contributed by atoms with Crippen LogP contribution in [0.3, 0.4) is 0 Å². The molecule has 0 atom stereocenters. The van der Waals surface area contributed by atoms with Gasteiger partial charge < -0.3 is 20.4 Å². The molecular formula is C23H30N4O4. The number of ketones is 1. The minimum absolute atomic E-state index is 0.0515. The highest BCUT2D eigenvalue weighted by molar-refractivity contribution is 6.02. The van der Waals surface area contributed by atoms with E-state index in [-0.39, 0.29) is 24.4 Å². The first-order valence-corrected chi connectivity index (χ1v) is 10.6. The summed E-state index contributed by atoms with van der Waals surface area (Å²) in [6, 6.07) is 9.16. The molecule has 1 saturated heterocycles. The van der Waals surface area contributed by atoms with Crippen molar-refractivity contribution in [2.75, 3.05) is 31.6 Å². The number of amides is 2. The fraction of sp³-hybridized carbons (Fsp3) is 0.435. The first kappa shape index (κ1) is 22.6. The number of Topliss-reactive ketones (excluding diaryl/α,β-unsaturated/α-hetero) is 1. The predicted octanol–water partition coefficient (Wildman–Crippen LogP) is 3.28.